The van der Waals surface area contributed by atoms with Crippen molar-refractivity contribution in [2.24, 2.45) is 0 Å². The standard InChI is InChI=1S/C20H17N5O3/c1-13(18-24-23-17-6-2-3-11-25(17)18)21-19(26)14-7-9-15(10-8-14)22-20(27)16-5-4-12-28-16/h2-13H,1H3,(H,21,26)(H,22,27). The molecule has 0 aliphatic heterocycles. The first-order valence-electron chi connectivity index (χ1n) is 8.67. The Labute approximate surface area is 160 Å². The number of carbonyl (C=O) groups excluding carboxylic acids is 2. The fraction of sp³-hybridized carbons (Fsp3) is 0.100. The van der Waals surface area contributed by atoms with E-state index in [1.165, 1.54) is 6.26 Å². The molecule has 0 radical (unpaired) electrons. The predicted molar refractivity (Wildman–Crippen MR) is 102 cm³/mol. The third-order valence-electron chi connectivity index (χ3n) is 4.22. The van der Waals surface area contributed by atoms with Crippen molar-refractivity contribution in [2.75, 3.05) is 5.32 Å². The Hall–Kier alpha value is -3.94. The maximum atomic E-state index is 12.5. The van der Waals surface area contributed by atoms with Crippen molar-refractivity contribution in [1.29, 1.82) is 0 Å². The highest BCUT2D eigenvalue weighted by atomic mass is 16.3. The number of pyridine rings is 1. The van der Waals surface area contributed by atoms with E-state index in [0.29, 0.717) is 17.1 Å². The number of amides is 2. The summed E-state index contributed by atoms with van der Waals surface area (Å²) in [5.41, 5.74) is 1.75. The molecule has 0 saturated carbocycles. The van der Waals surface area contributed by atoms with Crippen molar-refractivity contribution in [1.82, 2.24) is 19.9 Å². The van der Waals surface area contributed by atoms with Crippen molar-refractivity contribution in [3.8, 4) is 0 Å². The number of aromatic nitrogens is 3. The summed E-state index contributed by atoms with van der Waals surface area (Å²) in [5.74, 6) is 0.265. The van der Waals surface area contributed by atoms with Crippen molar-refractivity contribution in [3.63, 3.8) is 0 Å². The summed E-state index contributed by atoms with van der Waals surface area (Å²) in [4.78, 5) is 24.5. The van der Waals surface area contributed by atoms with Crippen LogP contribution in [0.4, 0.5) is 5.69 Å². The lowest BCUT2D eigenvalue weighted by Crippen LogP contribution is -2.28. The van der Waals surface area contributed by atoms with Crippen LogP contribution < -0.4 is 10.6 Å². The maximum absolute atomic E-state index is 12.5. The molecule has 2 amide bonds. The van der Waals surface area contributed by atoms with E-state index >= 15 is 0 Å². The molecule has 0 aliphatic carbocycles. The van der Waals surface area contributed by atoms with Crippen molar-refractivity contribution < 1.29 is 14.0 Å². The summed E-state index contributed by atoms with van der Waals surface area (Å²) in [6.45, 7) is 1.85. The smallest absolute Gasteiger partial charge is 0.291 e. The molecule has 2 N–H and O–H groups in total. The largest absolute Gasteiger partial charge is 0.459 e. The van der Waals surface area contributed by atoms with Crippen LogP contribution in [-0.2, 0) is 0 Å². The molecule has 4 rings (SSSR count). The van der Waals surface area contributed by atoms with Crippen LogP contribution in [0.5, 0.6) is 0 Å². The molecule has 28 heavy (non-hydrogen) atoms. The first-order valence-corrected chi connectivity index (χ1v) is 8.67. The lowest BCUT2D eigenvalue weighted by Gasteiger charge is -2.13. The van der Waals surface area contributed by atoms with E-state index in [2.05, 4.69) is 20.8 Å². The number of fused-ring (bicyclic) bond motifs is 1. The molecular weight excluding hydrogens is 358 g/mol. The van der Waals surface area contributed by atoms with Gasteiger partial charge in [-0.1, -0.05) is 6.07 Å². The van der Waals surface area contributed by atoms with Crippen LogP contribution in [0.3, 0.4) is 0 Å². The quantitative estimate of drug-likeness (QED) is 0.558. The van der Waals surface area contributed by atoms with Gasteiger partial charge >= 0.3 is 0 Å². The SMILES string of the molecule is CC(NC(=O)c1ccc(NC(=O)c2ccco2)cc1)c1nnc2ccccn12. The summed E-state index contributed by atoms with van der Waals surface area (Å²) in [7, 11) is 0. The van der Waals surface area contributed by atoms with Gasteiger partial charge in [-0.25, -0.2) is 0 Å². The minimum absolute atomic E-state index is 0.219. The minimum Gasteiger partial charge on any atom is -0.459 e. The number of nitrogens with zero attached hydrogens (tertiary/aromatic N) is 3. The van der Waals surface area contributed by atoms with Crippen molar-refractivity contribution in [3.05, 3.63) is 84.2 Å². The number of anilines is 1. The molecule has 0 bridgehead atoms. The molecule has 1 atom stereocenters. The van der Waals surface area contributed by atoms with E-state index in [1.54, 1.807) is 36.4 Å². The Bertz CT molecular complexity index is 1120. The second-order valence-corrected chi connectivity index (χ2v) is 6.19. The highest BCUT2D eigenvalue weighted by Gasteiger charge is 2.17. The van der Waals surface area contributed by atoms with Crippen LogP contribution in [0, 0.1) is 0 Å². The number of hydrogen-bond acceptors (Lipinski definition) is 5. The van der Waals surface area contributed by atoms with Crippen LogP contribution in [0.15, 0.2) is 71.5 Å². The number of furan rings is 1. The Morgan fingerprint density at radius 2 is 1.82 bits per heavy atom. The second-order valence-electron chi connectivity index (χ2n) is 6.19. The van der Waals surface area contributed by atoms with Gasteiger partial charge in [-0.3, -0.25) is 14.0 Å². The molecular formula is C20H17N5O3. The average Bonchev–Trinajstić information content (AvgIpc) is 3.38. The summed E-state index contributed by atoms with van der Waals surface area (Å²) in [6, 6.07) is 15.1. The van der Waals surface area contributed by atoms with Gasteiger partial charge < -0.3 is 15.1 Å². The number of nitrogens with one attached hydrogen (secondary N) is 2. The van der Waals surface area contributed by atoms with Gasteiger partial charge in [0.15, 0.2) is 17.2 Å². The van der Waals surface area contributed by atoms with E-state index < -0.39 is 0 Å². The van der Waals surface area contributed by atoms with Gasteiger partial charge in [0.05, 0.1) is 12.3 Å². The molecule has 3 heterocycles. The molecule has 140 valence electrons. The zero-order valence-electron chi connectivity index (χ0n) is 15.0. The van der Waals surface area contributed by atoms with Gasteiger partial charge in [0.2, 0.25) is 0 Å². The summed E-state index contributed by atoms with van der Waals surface area (Å²) >= 11 is 0. The molecule has 0 saturated heterocycles. The van der Waals surface area contributed by atoms with E-state index in [9.17, 15) is 9.59 Å². The Morgan fingerprint density at radius 3 is 2.57 bits per heavy atom. The zero-order valence-corrected chi connectivity index (χ0v) is 15.0. The fourth-order valence-electron chi connectivity index (χ4n) is 2.81. The van der Waals surface area contributed by atoms with Crippen LogP contribution in [0.25, 0.3) is 5.65 Å². The summed E-state index contributed by atoms with van der Waals surface area (Å²) < 4.78 is 6.88. The Kier molecular flexibility index (Phi) is 4.59. The van der Waals surface area contributed by atoms with Gasteiger partial charge in [0, 0.05) is 17.4 Å². The van der Waals surface area contributed by atoms with Crippen molar-refractivity contribution in [2.45, 2.75) is 13.0 Å². The highest BCUT2D eigenvalue weighted by Crippen LogP contribution is 2.15. The predicted octanol–water partition coefficient (Wildman–Crippen LogP) is 3.07. The molecule has 8 nitrogen and oxygen atoms in total. The molecule has 4 aromatic rings. The first kappa shape index (κ1) is 17.5. The second kappa shape index (κ2) is 7.36. The third-order valence-corrected chi connectivity index (χ3v) is 4.22. The van der Waals surface area contributed by atoms with E-state index in [-0.39, 0.29) is 23.6 Å². The van der Waals surface area contributed by atoms with Crippen LogP contribution >= 0.6 is 0 Å². The van der Waals surface area contributed by atoms with Gasteiger partial charge in [-0.2, -0.15) is 0 Å². The third kappa shape index (κ3) is 3.48. The fourth-order valence-corrected chi connectivity index (χ4v) is 2.81. The van der Waals surface area contributed by atoms with Gasteiger partial charge in [0.25, 0.3) is 11.8 Å². The monoisotopic (exact) mass is 375 g/mol. The van der Waals surface area contributed by atoms with Crippen LogP contribution in [-0.4, -0.2) is 26.4 Å². The Morgan fingerprint density at radius 1 is 1.00 bits per heavy atom. The number of rotatable bonds is 5. The minimum atomic E-state index is -0.352. The van der Waals surface area contributed by atoms with Gasteiger partial charge in [0.1, 0.15) is 0 Å². The number of carbonyl (C=O) groups is 2. The molecule has 1 unspecified atom stereocenters. The molecule has 3 aromatic heterocycles. The molecule has 1 aromatic carbocycles. The number of hydrogen-bond donors (Lipinski definition) is 2. The molecule has 0 spiro atoms. The maximum Gasteiger partial charge on any atom is 0.291 e. The molecule has 0 fully saturated rings. The van der Waals surface area contributed by atoms with Gasteiger partial charge in [-0.05, 0) is 55.5 Å². The molecule has 0 aliphatic rings. The molecule has 8 heteroatoms. The van der Waals surface area contributed by atoms with E-state index in [1.807, 2.05) is 35.7 Å². The summed E-state index contributed by atoms with van der Waals surface area (Å²) in [6.07, 6.45) is 3.28. The average molecular weight is 375 g/mol. The highest BCUT2D eigenvalue weighted by molar-refractivity contribution is 6.02. The van der Waals surface area contributed by atoms with E-state index in [4.69, 9.17) is 4.42 Å². The van der Waals surface area contributed by atoms with Crippen molar-refractivity contribution >= 4 is 23.1 Å². The van der Waals surface area contributed by atoms with Gasteiger partial charge in [-0.15, -0.1) is 10.2 Å². The zero-order chi connectivity index (χ0) is 19.5. The number of benzene rings is 1. The van der Waals surface area contributed by atoms with Crippen LogP contribution in [0.2, 0.25) is 0 Å². The topological polar surface area (TPSA) is 102 Å². The first-order chi connectivity index (χ1) is 13.6. The van der Waals surface area contributed by atoms with Crippen LogP contribution in [0.1, 0.15) is 39.7 Å². The Balaban J connectivity index is 1.42. The summed E-state index contributed by atoms with van der Waals surface area (Å²) in [5, 5.41) is 13.9. The lowest BCUT2D eigenvalue weighted by atomic mass is 10.1. The lowest BCUT2D eigenvalue weighted by molar-refractivity contribution is 0.0937. The van der Waals surface area contributed by atoms with E-state index in [0.717, 1.165) is 5.65 Å². The normalized spacial score (nSPS) is 11.9.